The van der Waals surface area contributed by atoms with Gasteiger partial charge in [-0.25, -0.2) is 0 Å². The molecule has 0 aliphatic carbocycles. The molecule has 0 saturated heterocycles. The molecule has 0 aromatic carbocycles. The highest BCUT2D eigenvalue weighted by Gasteiger charge is 0.936. The van der Waals surface area contributed by atoms with Crippen LogP contribution in [0.25, 0.3) is 0 Å². The zero-order valence-corrected chi connectivity index (χ0v) is 17.7. The molecule has 0 nitrogen and oxygen atoms in total. The summed E-state index contributed by atoms with van der Waals surface area (Å²) in [5, 5.41) is 0. The van der Waals surface area contributed by atoms with Crippen LogP contribution < -0.4 is 0 Å². The number of halogens is 3. The van der Waals surface area contributed by atoms with Gasteiger partial charge in [0.2, 0.25) is 0 Å². The van der Waals surface area contributed by atoms with Crippen molar-refractivity contribution in [2.24, 2.45) is 0 Å². The first-order valence-corrected chi connectivity index (χ1v) is 3.00. The average molecular weight is 528 g/mol. The summed E-state index contributed by atoms with van der Waals surface area (Å²) in [6.07, 6.45) is 0. The topological polar surface area (TPSA) is 0 Å². The third-order valence-electron chi connectivity index (χ3n) is 0. The largest absolute Gasteiger partial charge is 0.107 e. The summed E-state index contributed by atoms with van der Waals surface area (Å²) in [4.78, 5) is 0. The highest BCUT2D eigenvalue weighted by atomic mass is 127. The molecule has 72 valence electrons. The van der Waals surface area contributed by atoms with Crippen LogP contribution in [-0.4, -0.2) is 34.7 Å². The van der Waals surface area contributed by atoms with Crippen LogP contribution in [0.2, 0.25) is 0 Å². The van der Waals surface area contributed by atoms with Gasteiger partial charge < -0.3 is 0 Å². The van der Waals surface area contributed by atoms with Crippen LogP contribution in [0.1, 0.15) is 41.5 Å². The second kappa shape index (κ2) is 188. The minimum absolute atomic E-state index is 0. The molecule has 0 atom stereocenters. The van der Waals surface area contributed by atoms with Gasteiger partial charge in [0.1, 0.15) is 0 Å². The van der Waals surface area contributed by atoms with Crippen LogP contribution in [0.4, 0.5) is 0 Å². The molecule has 0 unspecified atom stereocenters. The normalized spacial score (nSPS) is 1.64. The third kappa shape index (κ3) is 158. The highest BCUT2D eigenvalue weighted by Crippen LogP contribution is 1.15. The number of hydrogen-bond acceptors (Lipinski definition) is 0. The van der Waals surface area contributed by atoms with E-state index in [0.717, 1.165) is 0 Å². The molecule has 0 heterocycles. The van der Waals surface area contributed by atoms with Crippen LogP contribution in [0.5, 0.6) is 0 Å². The van der Waals surface area contributed by atoms with E-state index in [1.165, 1.54) is 0 Å². The van der Waals surface area contributed by atoms with Crippen molar-refractivity contribution in [1.82, 2.24) is 0 Å². The predicted octanol–water partition coefficient (Wildman–Crippen LogP) is 4.17. The lowest BCUT2D eigenvalue weighted by molar-refractivity contribution is 1.50. The summed E-state index contributed by atoms with van der Waals surface area (Å²) < 4.78 is 0. The molecule has 0 rings (SSSR count). The maximum atomic E-state index is 2.00. The van der Waals surface area contributed by atoms with E-state index in [0.29, 0.717) is 0 Å². The third-order valence-corrected chi connectivity index (χ3v) is 0. The SMILES string of the molecule is CC.CC.CC.I.I.I.[Al].[Al]. The zero-order valence-electron chi connectivity index (χ0n) is 8.38. The van der Waals surface area contributed by atoms with Gasteiger partial charge in [-0.2, -0.15) is 0 Å². The average Bonchev–Trinajstić information content (AvgIpc) is 1.81. The molecule has 0 aliphatic heterocycles. The van der Waals surface area contributed by atoms with Gasteiger partial charge in [-0.15, -0.1) is 71.9 Å². The van der Waals surface area contributed by atoms with E-state index in [1.54, 1.807) is 0 Å². The lowest BCUT2D eigenvalue weighted by Crippen LogP contribution is -0.856. The maximum absolute atomic E-state index is 2.00. The fraction of sp³-hybridized carbons (Fsp3) is 1.00. The van der Waals surface area contributed by atoms with Crippen LogP contribution in [0.3, 0.4) is 0 Å². The lowest BCUT2D eigenvalue weighted by atomic mass is 11.0. The van der Waals surface area contributed by atoms with E-state index >= 15 is 0 Å². The molecule has 0 saturated carbocycles. The summed E-state index contributed by atoms with van der Waals surface area (Å²) in [6, 6.07) is 0. The van der Waals surface area contributed by atoms with E-state index in [-0.39, 0.29) is 107 Å². The Bertz CT molecular complexity index is 15.8. The van der Waals surface area contributed by atoms with Crippen LogP contribution in [-0.2, 0) is 0 Å². The van der Waals surface area contributed by atoms with Crippen molar-refractivity contribution in [3.05, 3.63) is 0 Å². The molecular weight excluding hydrogens is 507 g/mol. The lowest BCUT2D eigenvalue weighted by Gasteiger charge is -1.07. The van der Waals surface area contributed by atoms with E-state index in [9.17, 15) is 0 Å². The van der Waals surface area contributed by atoms with Gasteiger partial charge in [0.25, 0.3) is 0 Å². The van der Waals surface area contributed by atoms with Crippen molar-refractivity contribution in [3.8, 4) is 0 Å². The van der Waals surface area contributed by atoms with Crippen molar-refractivity contribution >= 4 is 107 Å². The first-order valence-electron chi connectivity index (χ1n) is 3.00. The van der Waals surface area contributed by atoms with E-state index in [2.05, 4.69) is 0 Å². The summed E-state index contributed by atoms with van der Waals surface area (Å²) in [5.41, 5.74) is 0. The van der Waals surface area contributed by atoms with E-state index < -0.39 is 0 Å². The molecule has 0 amide bonds. The second-order valence-electron chi connectivity index (χ2n) is 0. The Labute approximate surface area is 146 Å². The van der Waals surface area contributed by atoms with Crippen molar-refractivity contribution in [3.63, 3.8) is 0 Å². The van der Waals surface area contributed by atoms with Gasteiger partial charge in [0.05, 0.1) is 0 Å². The molecule has 0 aliphatic rings. The minimum atomic E-state index is 0. The molecule has 0 aromatic heterocycles. The summed E-state index contributed by atoms with van der Waals surface area (Å²) in [5.74, 6) is 0. The standard InChI is InChI=1S/3C2H6.2Al.3HI/c3*1-2;;;;;/h3*1-2H3;;;3*1H. The monoisotopic (exact) mass is 528 g/mol. The molecule has 0 aromatic rings. The van der Waals surface area contributed by atoms with Crippen molar-refractivity contribution in [2.75, 3.05) is 0 Å². The molecular formula is C6H21Al2I3. The first-order chi connectivity index (χ1) is 3.00. The molecule has 11 heavy (non-hydrogen) atoms. The number of hydrogen-bond donors (Lipinski definition) is 0. The molecule has 0 fully saturated rings. The van der Waals surface area contributed by atoms with E-state index in [1.807, 2.05) is 41.5 Å². The van der Waals surface area contributed by atoms with Gasteiger partial charge in [-0.1, -0.05) is 41.5 Å². The maximum Gasteiger partial charge on any atom is 0 e. The Hall–Kier alpha value is 3.25. The van der Waals surface area contributed by atoms with Crippen molar-refractivity contribution in [1.29, 1.82) is 0 Å². The van der Waals surface area contributed by atoms with Gasteiger partial charge in [-0.05, 0) is 0 Å². The Balaban J connectivity index is -0.00000000167. The smallest absolute Gasteiger partial charge is 0 e. The first kappa shape index (κ1) is 64.0. The quantitative estimate of drug-likeness (QED) is 0.328. The van der Waals surface area contributed by atoms with E-state index in [4.69, 9.17) is 0 Å². The fourth-order valence-corrected chi connectivity index (χ4v) is 0. The molecule has 0 spiro atoms. The fourth-order valence-electron chi connectivity index (χ4n) is 0. The van der Waals surface area contributed by atoms with Gasteiger partial charge in [0.15, 0.2) is 0 Å². The van der Waals surface area contributed by atoms with Gasteiger partial charge >= 0.3 is 0 Å². The Kier molecular flexibility index (Phi) is 1090. The Morgan fingerprint density at radius 1 is 0.364 bits per heavy atom. The second-order valence-corrected chi connectivity index (χ2v) is 0. The summed E-state index contributed by atoms with van der Waals surface area (Å²) in [7, 11) is 0. The molecule has 5 heteroatoms. The van der Waals surface area contributed by atoms with Crippen molar-refractivity contribution in [2.45, 2.75) is 41.5 Å². The van der Waals surface area contributed by atoms with Crippen LogP contribution in [0, 0.1) is 0 Å². The van der Waals surface area contributed by atoms with Crippen LogP contribution >= 0.6 is 71.9 Å². The Morgan fingerprint density at radius 2 is 0.364 bits per heavy atom. The zero-order chi connectivity index (χ0) is 6.00. The minimum Gasteiger partial charge on any atom is -0.107 e. The van der Waals surface area contributed by atoms with Gasteiger partial charge in [0, 0.05) is 34.7 Å². The summed E-state index contributed by atoms with van der Waals surface area (Å²) >= 11 is 0. The molecule has 6 radical (unpaired) electrons. The van der Waals surface area contributed by atoms with Crippen molar-refractivity contribution < 1.29 is 0 Å². The van der Waals surface area contributed by atoms with Gasteiger partial charge in [-0.3, -0.25) is 0 Å². The molecule has 0 N–H and O–H groups in total. The molecule has 0 bridgehead atoms. The Morgan fingerprint density at radius 3 is 0.364 bits per heavy atom. The number of rotatable bonds is 0. The highest BCUT2D eigenvalue weighted by molar-refractivity contribution is 14.0. The van der Waals surface area contributed by atoms with Crippen LogP contribution in [0.15, 0.2) is 0 Å². The predicted molar refractivity (Wildman–Crippen MR) is 91.8 cm³/mol. The summed E-state index contributed by atoms with van der Waals surface area (Å²) in [6.45, 7) is 12.0.